The van der Waals surface area contributed by atoms with Crippen molar-refractivity contribution in [2.24, 2.45) is 0 Å². The molecule has 0 aliphatic heterocycles. The number of aromatic nitrogens is 1. The number of pyridine rings is 1. The quantitative estimate of drug-likeness (QED) is 0.614. The van der Waals surface area contributed by atoms with Crippen molar-refractivity contribution in [2.75, 3.05) is 0 Å². The van der Waals surface area contributed by atoms with E-state index in [2.05, 4.69) is 74.3 Å². The van der Waals surface area contributed by atoms with Crippen molar-refractivity contribution in [2.45, 2.75) is 20.8 Å². The van der Waals surface area contributed by atoms with Crippen LogP contribution in [0.5, 0.6) is 0 Å². The predicted octanol–water partition coefficient (Wildman–Crippen LogP) is 5.34. The van der Waals surface area contributed by atoms with Gasteiger partial charge in [0.15, 0.2) is 0 Å². The highest BCUT2D eigenvalue weighted by molar-refractivity contribution is 5.70. The molecule has 1 heterocycles. The van der Waals surface area contributed by atoms with Gasteiger partial charge in [0.1, 0.15) is 0 Å². The van der Waals surface area contributed by atoms with E-state index in [1.54, 1.807) is 0 Å². The van der Waals surface area contributed by atoms with Crippen LogP contribution in [0.15, 0.2) is 60.8 Å². The molecule has 2 aromatic carbocycles. The van der Waals surface area contributed by atoms with Crippen LogP contribution in [-0.2, 0) is 0 Å². The van der Waals surface area contributed by atoms with Gasteiger partial charge in [0.2, 0.25) is 0 Å². The number of benzene rings is 2. The molecule has 0 bridgehead atoms. The maximum atomic E-state index is 4.67. The molecule has 0 atom stereocenters. The third kappa shape index (κ3) is 2.87. The molecule has 21 heavy (non-hydrogen) atoms. The monoisotopic (exact) mass is 273 g/mol. The first-order valence-corrected chi connectivity index (χ1v) is 7.24. The van der Waals surface area contributed by atoms with Crippen molar-refractivity contribution in [3.05, 3.63) is 77.5 Å². The topological polar surface area (TPSA) is 12.9 Å². The van der Waals surface area contributed by atoms with E-state index >= 15 is 0 Å². The number of nitrogens with zero attached hydrogens (tertiary/aromatic N) is 1. The van der Waals surface area contributed by atoms with Gasteiger partial charge in [-0.2, -0.15) is 0 Å². The molecule has 0 aliphatic rings. The van der Waals surface area contributed by atoms with E-state index in [0.29, 0.717) is 0 Å². The van der Waals surface area contributed by atoms with E-state index < -0.39 is 0 Å². The summed E-state index contributed by atoms with van der Waals surface area (Å²) in [6.45, 7) is 6.40. The van der Waals surface area contributed by atoms with Gasteiger partial charge in [-0.05, 0) is 50.1 Å². The second kappa shape index (κ2) is 5.53. The Labute approximate surface area is 126 Å². The highest BCUT2D eigenvalue weighted by Crippen LogP contribution is 2.27. The van der Waals surface area contributed by atoms with Crippen molar-refractivity contribution in [1.82, 2.24) is 4.98 Å². The van der Waals surface area contributed by atoms with Gasteiger partial charge in [-0.25, -0.2) is 0 Å². The Morgan fingerprint density at radius 2 is 1.38 bits per heavy atom. The highest BCUT2D eigenvalue weighted by atomic mass is 14.7. The smallest absolute Gasteiger partial charge is 0.0705 e. The zero-order valence-corrected chi connectivity index (χ0v) is 12.7. The van der Waals surface area contributed by atoms with Gasteiger partial charge in [-0.1, -0.05) is 47.5 Å². The van der Waals surface area contributed by atoms with Crippen LogP contribution < -0.4 is 0 Å². The fourth-order valence-corrected chi connectivity index (χ4v) is 2.76. The molecule has 104 valence electrons. The van der Waals surface area contributed by atoms with Gasteiger partial charge in [-0.15, -0.1) is 0 Å². The Hall–Kier alpha value is -2.41. The summed E-state index contributed by atoms with van der Waals surface area (Å²) < 4.78 is 0. The molecule has 0 aliphatic carbocycles. The zero-order valence-electron chi connectivity index (χ0n) is 12.7. The number of hydrogen-bond donors (Lipinski definition) is 0. The average Bonchev–Trinajstić information content (AvgIpc) is 2.47. The fourth-order valence-electron chi connectivity index (χ4n) is 2.76. The lowest BCUT2D eigenvalue weighted by Crippen LogP contribution is -1.90. The third-order valence-electron chi connectivity index (χ3n) is 3.71. The third-order valence-corrected chi connectivity index (χ3v) is 3.71. The van der Waals surface area contributed by atoms with Crippen LogP contribution in [0.2, 0.25) is 0 Å². The number of rotatable bonds is 2. The van der Waals surface area contributed by atoms with Crippen LogP contribution in [0.1, 0.15) is 16.7 Å². The Morgan fingerprint density at radius 1 is 0.714 bits per heavy atom. The Bertz CT molecular complexity index is 753. The van der Waals surface area contributed by atoms with Gasteiger partial charge < -0.3 is 0 Å². The molecule has 0 N–H and O–H groups in total. The number of hydrogen-bond acceptors (Lipinski definition) is 1. The Balaban J connectivity index is 2.05. The minimum absolute atomic E-state index is 1.04. The molecule has 0 spiro atoms. The van der Waals surface area contributed by atoms with E-state index in [0.717, 1.165) is 5.69 Å². The molecule has 0 saturated heterocycles. The van der Waals surface area contributed by atoms with Crippen LogP contribution >= 0.6 is 0 Å². The van der Waals surface area contributed by atoms with E-state index in [-0.39, 0.29) is 0 Å². The molecule has 0 radical (unpaired) electrons. The first-order valence-electron chi connectivity index (χ1n) is 7.24. The predicted molar refractivity (Wildman–Crippen MR) is 89.3 cm³/mol. The summed E-state index contributed by atoms with van der Waals surface area (Å²) in [6, 6.07) is 19.2. The Morgan fingerprint density at radius 3 is 2.00 bits per heavy atom. The van der Waals surface area contributed by atoms with Gasteiger partial charge >= 0.3 is 0 Å². The molecule has 3 rings (SSSR count). The van der Waals surface area contributed by atoms with Crippen LogP contribution in [0, 0.1) is 20.8 Å². The van der Waals surface area contributed by atoms with E-state index in [1.807, 2.05) is 12.3 Å². The van der Waals surface area contributed by atoms with Gasteiger partial charge in [-0.3, -0.25) is 4.98 Å². The summed E-state index contributed by atoms with van der Waals surface area (Å²) in [7, 11) is 0. The molecule has 0 fully saturated rings. The summed E-state index contributed by atoms with van der Waals surface area (Å²) in [5, 5.41) is 0. The molecule has 1 nitrogen and oxygen atoms in total. The van der Waals surface area contributed by atoms with E-state index in [4.69, 9.17) is 0 Å². The maximum absolute atomic E-state index is 4.67. The standard InChI is InChI=1S/C20H19N/c1-14-9-15(2)11-18(10-14)20-12-16(3)19(13-21-20)17-7-5-4-6-8-17/h4-13H,1-3H3. The minimum Gasteiger partial charge on any atom is -0.256 e. The lowest BCUT2D eigenvalue weighted by Gasteiger charge is -2.09. The second-order valence-electron chi connectivity index (χ2n) is 5.63. The molecule has 0 unspecified atom stereocenters. The van der Waals surface area contributed by atoms with Gasteiger partial charge in [0, 0.05) is 17.3 Å². The first-order chi connectivity index (χ1) is 10.1. The molecule has 3 aromatic rings. The van der Waals surface area contributed by atoms with Crippen LogP contribution in [0.4, 0.5) is 0 Å². The maximum Gasteiger partial charge on any atom is 0.0705 e. The summed E-state index contributed by atoms with van der Waals surface area (Å²) in [5.41, 5.74) is 8.45. The summed E-state index contributed by atoms with van der Waals surface area (Å²) in [5.74, 6) is 0. The molecular weight excluding hydrogens is 254 g/mol. The van der Waals surface area contributed by atoms with Crippen LogP contribution in [0.3, 0.4) is 0 Å². The molecule has 1 aromatic heterocycles. The van der Waals surface area contributed by atoms with Crippen molar-refractivity contribution in [3.8, 4) is 22.4 Å². The SMILES string of the molecule is Cc1cc(C)cc(-c2cc(C)c(-c3ccccc3)cn2)c1. The first kappa shape index (κ1) is 13.6. The van der Waals surface area contributed by atoms with E-state index in [9.17, 15) is 0 Å². The summed E-state index contributed by atoms with van der Waals surface area (Å²) >= 11 is 0. The Kier molecular flexibility index (Phi) is 3.57. The van der Waals surface area contributed by atoms with E-state index in [1.165, 1.54) is 33.4 Å². The zero-order chi connectivity index (χ0) is 14.8. The molecular formula is C20H19N. The van der Waals surface area contributed by atoms with Crippen LogP contribution in [-0.4, -0.2) is 4.98 Å². The van der Waals surface area contributed by atoms with Gasteiger partial charge in [0.05, 0.1) is 5.69 Å². The lowest BCUT2D eigenvalue weighted by molar-refractivity contribution is 1.27. The van der Waals surface area contributed by atoms with Crippen molar-refractivity contribution < 1.29 is 0 Å². The second-order valence-corrected chi connectivity index (χ2v) is 5.63. The molecule has 1 heteroatoms. The minimum atomic E-state index is 1.04. The van der Waals surface area contributed by atoms with Crippen molar-refractivity contribution in [3.63, 3.8) is 0 Å². The highest BCUT2D eigenvalue weighted by Gasteiger charge is 2.06. The fraction of sp³-hybridized carbons (Fsp3) is 0.150. The molecule has 0 saturated carbocycles. The average molecular weight is 273 g/mol. The van der Waals surface area contributed by atoms with Crippen molar-refractivity contribution in [1.29, 1.82) is 0 Å². The lowest BCUT2D eigenvalue weighted by atomic mass is 9.99. The van der Waals surface area contributed by atoms with Gasteiger partial charge in [0.25, 0.3) is 0 Å². The van der Waals surface area contributed by atoms with Crippen LogP contribution in [0.25, 0.3) is 22.4 Å². The number of aryl methyl sites for hydroxylation is 3. The molecule has 0 amide bonds. The normalized spacial score (nSPS) is 10.6. The van der Waals surface area contributed by atoms with Crippen molar-refractivity contribution >= 4 is 0 Å². The summed E-state index contributed by atoms with van der Waals surface area (Å²) in [6.07, 6.45) is 1.98. The summed E-state index contributed by atoms with van der Waals surface area (Å²) in [4.78, 5) is 4.67. The largest absolute Gasteiger partial charge is 0.256 e.